The van der Waals surface area contributed by atoms with Crippen molar-refractivity contribution in [3.05, 3.63) is 38.8 Å². The Bertz CT molecular complexity index is 581. The first-order valence-corrected chi connectivity index (χ1v) is 7.69. The number of benzene rings is 1. The number of methoxy groups -OCH3 is 1. The first-order valence-electron chi connectivity index (χ1n) is 6.08. The maximum absolute atomic E-state index is 5.82. The van der Waals surface area contributed by atoms with Gasteiger partial charge in [-0.3, -0.25) is 0 Å². The Labute approximate surface area is 125 Å². The van der Waals surface area contributed by atoms with Crippen LogP contribution < -0.4 is 10.5 Å². The van der Waals surface area contributed by atoms with Gasteiger partial charge in [0.05, 0.1) is 17.3 Å². The Hall–Kier alpha value is -1.07. The van der Waals surface area contributed by atoms with Crippen LogP contribution in [0, 0.1) is 0 Å². The molecule has 5 heteroatoms. The molecule has 0 saturated carbocycles. The largest absolute Gasteiger partial charge is 0.496 e. The molecule has 2 aromatic rings. The second kappa shape index (κ2) is 5.92. The minimum Gasteiger partial charge on any atom is -0.496 e. The number of nitrogen functional groups attached to an aromatic ring is 1. The van der Waals surface area contributed by atoms with Crippen LogP contribution in [0.2, 0.25) is 0 Å². The van der Waals surface area contributed by atoms with Crippen molar-refractivity contribution in [1.29, 1.82) is 0 Å². The predicted molar refractivity (Wildman–Crippen MR) is 84.1 cm³/mol. The first kappa shape index (κ1) is 14.3. The van der Waals surface area contributed by atoms with Crippen LogP contribution in [-0.4, -0.2) is 12.1 Å². The van der Waals surface area contributed by atoms with E-state index in [0.29, 0.717) is 11.0 Å². The smallest absolute Gasteiger partial charge is 0.180 e. The third kappa shape index (κ3) is 3.28. The van der Waals surface area contributed by atoms with Crippen LogP contribution in [0.5, 0.6) is 5.75 Å². The molecule has 0 atom stereocenters. The summed E-state index contributed by atoms with van der Waals surface area (Å²) in [5.41, 5.74) is 8.15. The number of nitrogens with two attached hydrogens (primary N) is 1. The molecule has 102 valence electrons. The van der Waals surface area contributed by atoms with E-state index in [0.717, 1.165) is 22.3 Å². The lowest BCUT2D eigenvalue weighted by atomic mass is 10.0. The highest BCUT2D eigenvalue weighted by atomic mass is 79.9. The monoisotopic (exact) mass is 340 g/mol. The Morgan fingerprint density at radius 3 is 2.74 bits per heavy atom. The van der Waals surface area contributed by atoms with Crippen LogP contribution in [0.25, 0.3) is 0 Å². The van der Waals surface area contributed by atoms with Gasteiger partial charge in [0.1, 0.15) is 5.75 Å². The molecule has 0 amide bonds. The average molecular weight is 341 g/mol. The van der Waals surface area contributed by atoms with E-state index in [4.69, 9.17) is 10.5 Å². The summed E-state index contributed by atoms with van der Waals surface area (Å²) in [4.78, 5) is 5.66. The van der Waals surface area contributed by atoms with Gasteiger partial charge in [-0.25, -0.2) is 4.98 Å². The number of halogens is 1. The quantitative estimate of drug-likeness (QED) is 0.906. The maximum atomic E-state index is 5.82. The van der Waals surface area contributed by atoms with Crippen LogP contribution >= 0.6 is 27.3 Å². The van der Waals surface area contributed by atoms with Crippen molar-refractivity contribution in [2.75, 3.05) is 12.8 Å². The summed E-state index contributed by atoms with van der Waals surface area (Å²) in [5, 5.41) is 0.645. The molecule has 3 nitrogen and oxygen atoms in total. The third-order valence-corrected chi connectivity index (χ3v) is 4.39. The molecule has 0 unspecified atom stereocenters. The highest BCUT2D eigenvalue weighted by Gasteiger charge is 2.14. The molecule has 19 heavy (non-hydrogen) atoms. The maximum Gasteiger partial charge on any atom is 0.180 e. The van der Waals surface area contributed by atoms with Crippen molar-refractivity contribution in [3.8, 4) is 5.75 Å². The summed E-state index contributed by atoms with van der Waals surface area (Å²) >= 11 is 5.08. The van der Waals surface area contributed by atoms with Crippen LogP contribution in [0.4, 0.5) is 5.13 Å². The zero-order valence-electron chi connectivity index (χ0n) is 11.2. The number of thiazole rings is 1. The van der Waals surface area contributed by atoms with Gasteiger partial charge >= 0.3 is 0 Å². The van der Waals surface area contributed by atoms with E-state index >= 15 is 0 Å². The Morgan fingerprint density at radius 2 is 2.16 bits per heavy atom. The van der Waals surface area contributed by atoms with Gasteiger partial charge in [-0.1, -0.05) is 19.9 Å². The number of rotatable bonds is 4. The normalized spacial score (nSPS) is 11.0. The van der Waals surface area contributed by atoms with E-state index in [-0.39, 0.29) is 0 Å². The molecule has 0 saturated heterocycles. The topological polar surface area (TPSA) is 48.1 Å². The minimum absolute atomic E-state index is 0.394. The lowest BCUT2D eigenvalue weighted by Crippen LogP contribution is -1.96. The average Bonchev–Trinajstić information content (AvgIpc) is 2.70. The van der Waals surface area contributed by atoms with Gasteiger partial charge in [0.15, 0.2) is 5.13 Å². The van der Waals surface area contributed by atoms with E-state index in [1.165, 1.54) is 10.4 Å². The van der Waals surface area contributed by atoms with Gasteiger partial charge in [-0.05, 0) is 39.5 Å². The fraction of sp³-hybridized carbons (Fsp3) is 0.357. The van der Waals surface area contributed by atoms with Gasteiger partial charge in [-0.15, -0.1) is 11.3 Å². The SMILES string of the molecule is COc1ccc(Cc2sc(N)nc2C(C)C)cc1Br. The second-order valence-corrected chi connectivity index (χ2v) is 6.63. The van der Waals surface area contributed by atoms with Crippen molar-refractivity contribution in [2.45, 2.75) is 26.2 Å². The summed E-state index contributed by atoms with van der Waals surface area (Å²) in [6, 6.07) is 6.13. The zero-order valence-corrected chi connectivity index (χ0v) is 13.6. The molecule has 0 radical (unpaired) electrons. The second-order valence-electron chi connectivity index (χ2n) is 4.66. The molecule has 2 N–H and O–H groups in total. The molecule has 1 aromatic heterocycles. The third-order valence-electron chi connectivity index (χ3n) is 2.87. The van der Waals surface area contributed by atoms with E-state index in [1.54, 1.807) is 18.4 Å². The summed E-state index contributed by atoms with van der Waals surface area (Å²) in [5.74, 6) is 1.24. The molecule has 0 aliphatic carbocycles. The molecule has 1 heterocycles. The fourth-order valence-electron chi connectivity index (χ4n) is 1.97. The molecule has 0 bridgehead atoms. The molecule has 0 aliphatic heterocycles. The molecule has 1 aromatic carbocycles. The zero-order chi connectivity index (χ0) is 14.0. The molecular weight excluding hydrogens is 324 g/mol. The number of aromatic nitrogens is 1. The van der Waals surface area contributed by atoms with Crippen LogP contribution in [0.3, 0.4) is 0 Å². The van der Waals surface area contributed by atoms with Crippen molar-refractivity contribution in [1.82, 2.24) is 4.98 Å². The van der Waals surface area contributed by atoms with E-state index in [1.807, 2.05) is 6.07 Å². The van der Waals surface area contributed by atoms with Crippen LogP contribution in [0.1, 0.15) is 35.9 Å². The van der Waals surface area contributed by atoms with Gasteiger partial charge in [-0.2, -0.15) is 0 Å². The number of hydrogen-bond acceptors (Lipinski definition) is 4. The Morgan fingerprint density at radius 1 is 1.42 bits per heavy atom. The molecule has 0 aliphatic rings. The van der Waals surface area contributed by atoms with Crippen molar-refractivity contribution < 1.29 is 4.74 Å². The van der Waals surface area contributed by atoms with Gasteiger partial charge in [0.25, 0.3) is 0 Å². The van der Waals surface area contributed by atoms with Crippen LogP contribution in [0.15, 0.2) is 22.7 Å². The highest BCUT2D eigenvalue weighted by Crippen LogP contribution is 2.31. The van der Waals surface area contributed by atoms with E-state index in [9.17, 15) is 0 Å². The predicted octanol–water partition coefficient (Wildman–Crippen LogP) is 4.21. The Kier molecular flexibility index (Phi) is 4.47. The van der Waals surface area contributed by atoms with E-state index in [2.05, 4.69) is 46.9 Å². The number of anilines is 1. The summed E-state index contributed by atoms with van der Waals surface area (Å²) in [7, 11) is 1.67. The van der Waals surface area contributed by atoms with Gasteiger partial charge in [0.2, 0.25) is 0 Å². The lowest BCUT2D eigenvalue weighted by molar-refractivity contribution is 0.412. The summed E-state index contributed by atoms with van der Waals surface area (Å²) < 4.78 is 6.21. The minimum atomic E-state index is 0.394. The molecular formula is C14H17BrN2OS. The lowest BCUT2D eigenvalue weighted by Gasteiger charge is -2.08. The standard InChI is InChI=1S/C14H17BrN2OS/c1-8(2)13-12(19-14(16)17-13)7-9-4-5-11(18-3)10(15)6-9/h4-6,8H,7H2,1-3H3,(H2,16,17). The van der Waals surface area contributed by atoms with Gasteiger partial charge in [0, 0.05) is 11.3 Å². The Balaban J connectivity index is 2.28. The van der Waals surface area contributed by atoms with E-state index < -0.39 is 0 Å². The highest BCUT2D eigenvalue weighted by molar-refractivity contribution is 9.10. The van der Waals surface area contributed by atoms with Gasteiger partial charge < -0.3 is 10.5 Å². The molecule has 2 rings (SSSR count). The summed E-state index contributed by atoms with van der Waals surface area (Å²) in [6.07, 6.45) is 0.852. The van der Waals surface area contributed by atoms with Crippen molar-refractivity contribution in [2.24, 2.45) is 0 Å². The fourth-order valence-corrected chi connectivity index (χ4v) is 3.57. The number of nitrogens with zero attached hydrogens (tertiary/aromatic N) is 1. The van der Waals surface area contributed by atoms with Crippen molar-refractivity contribution in [3.63, 3.8) is 0 Å². The molecule has 0 fully saturated rings. The number of ether oxygens (including phenoxy) is 1. The van der Waals surface area contributed by atoms with Crippen molar-refractivity contribution >= 4 is 32.4 Å². The number of hydrogen-bond donors (Lipinski definition) is 1. The van der Waals surface area contributed by atoms with Crippen LogP contribution in [-0.2, 0) is 6.42 Å². The molecule has 0 spiro atoms. The summed E-state index contributed by atoms with van der Waals surface area (Å²) in [6.45, 7) is 4.28. The first-order chi connectivity index (χ1) is 9.01.